The molecule has 0 radical (unpaired) electrons. The molecule has 25 heavy (non-hydrogen) atoms. The number of amides is 1. The maximum absolute atomic E-state index is 12.6. The molecule has 0 saturated carbocycles. The zero-order chi connectivity index (χ0) is 18.0. The highest BCUT2D eigenvalue weighted by Crippen LogP contribution is 2.37. The number of ketones is 1. The van der Waals surface area contributed by atoms with Crippen molar-refractivity contribution in [3.8, 4) is 0 Å². The molecule has 0 bridgehead atoms. The Balaban J connectivity index is 1.85. The number of Topliss-reactive ketones (excluding diaryl/α,β-unsaturated/α-hetero) is 1. The van der Waals surface area contributed by atoms with E-state index in [4.69, 9.17) is 0 Å². The fraction of sp³-hybridized carbons (Fsp3) is 0.444. The Hall–Kier alpha value is -1.70. The molecule has 7 heteroatoms. The highest BCUT2D eigenvalue weighted by molar-refractivity contribution is 9.10. The molecular formula is C18H22BrN3O3. The Labute approximate surface area is 155 Å². The van der Waals surface area contributed by atoms with Crippen LogP contribution >= 0.6 is 15.9 Å². The van der Waals surface area contributed by atoms with Crippen molar-refractivity contribution in [1.29, 1.82) is 0 Å². The second kappa shape index (κ2) is 7.68. The number of aliphatic hydroxyl groups is 1. The molecule has 0 aliphatic carbocycles. The Kier molecular flexibility index (Phi) is 5.56. The summed E-state index contributed by atoms with van der Waals surface area (Å²) in [5.41, 5.74) is 1.01. The Morgan fingerprint density at radius 2 is 1.88 bits per heavy atom. The van der Waals surface area contributed by atoms with Gasteiger partial charge in [-0.05, 0) is 24.6 Å². The molecule has 2 N–H and O–H groups in total. The predicted octanol–water partition coefficient (Wildman–Crippen LogP) is 1.64. The lowest BCUT2D eigenvalue weighted by Gasteiger charge is -2.32. The molecule has 3 rings (SSSR count). The summed E-state index contributed by atoms with van der Waals surface area (Å²) in [4.78, 5) is 28.5. The molecule has 1 aromatic rings. The zero-order valence-electron chi connectivity index (χ0n) is 14.2. The van der Waals surface area contributed by atoms with Gasteiger partial charge in [-0.25, -0.2) is 0 Å². The number of hydrogen-bond acceptors (Lipinski definition) is 5. The Bertz CT molecular complexity index is 696. The number of piperazine rings is 1. The van der Waals surface area contributed by atoms with E-state index in [9.17, 15) is 14.7 Å². The molecule has 6 nitrogen and oxygen atoms in total. The van der Waals surface area contributed by atoms with E-state index in [1.807, 2.05) is 24.3 Å². The number of hydrogen-bond donors (Lipinski definition) is 2. The third kappa shape index (κ3) is 3.78. The quantitative estimate of drug-likeness (QED) is 0.775. The number of benzene rings is 1. The normalized spacial score (nSPS) is 21.9. The lowest BCUT2D eigenvalue weighted by atomic mass is 9.97. The number of nitrogens with zero attached hydrogens (tertiary/aromatic N) is 2. The first-order valence-corrected chi connectivity index (χ1v) is 9.22. The molecule has 1 amide bonds. The van der Waals surface area contributed by atoms with Crippen LogP contribution in [0.5, 0.6) is 0 Å². The third-order valence-corrected chi connectivity index (χ3v) is 5.26. The van der Waals surface area contributed by atoms with Gasteiger partial charge in [0.15, 0.2) is 11.5 Å². The highest BCUT2D eigenvalue weighted by atomic mass is 79.9. The van der Waals surface area contributed by atoms with Gasteiger partial charge in [-0.1, -0.05) is 28.1 Å². The van der Waals surface area contributed by atoms with Gasteiger partial charge in [0.05, 0.1) is 11.6 Å². The van der Waals surface area contributed by atoms with Crippen LogP contribution in [0.25, 0.3) is 0 Å². The van der Waals surface area contributed by atoms with Crippen LogP contribution in [0.2, 0.25) is 0 Å². The highest BCUT2D eigenvalue weighted by Gasteiger charge is 2.42. The van der Waals surface area contributed by atoms with Gasteiger partial charge in [-0.15, -0.1) is 0 Å². The van der Waals surface area contributed by atoms with Crippen molar-refractivity contribution in [2.45, 2.75) is 13.0 Å². The van der Waals surface area contributed by atoms with Crippen LogP contribution in [0.15, 0.2) is 40.1 Å². The number of nitrogens with one attached hydrogen (secondary N) is 1. The number of rotatable bonds is 5. The lowest BCUT2D eigenvalue weighted by molar-refractivity contribution is -0.129. The minimum absolute atomic E-state index is 0.188. The van der Waals surface area contributed by atoms with Gasteiger partial charge in [-0.2, -0.15) is 0 Å². The monoisotopic (exact) mass is 407 g/mol. The lowest BCUT2D eigenvalue weighted by Crippen LogP contribution is -2.47. The Morgan fingerprint density at radius 3 is 2.48 bits per heavy atom. The number of aliphatic hydroxyl groups excluding tert-OH is 1. The van der Waals surface area contributed by atoms with E-state index in [0.29, 0.717) is 6.54 Å². The standard InChI is InChI=1S/C18H22BrN3O3/c1-12(23)15-16(13-2-4-14(19)5-3-13)22(18(25)17(15)24)11-10-21-8-6-20-7-9-21/h2-5,16,20,24H,6-11H2,1H3/t16-/m1/s1. The van der Waals surface area contributed by atoms with Crippen molar-refractivity contribution >= 4 is 27.6 Å². The minimum atomic E-state index is -0.527. The maximum atomic E-state index is 12.6. The van der Waals surface area contributed by atoms with E-state index in [2.05, 4.69) is 26.1 Å². The van der Waals surface area contributed by atoms with Gasteiger partial charge in [0, 0.05) is 43.7 Å². The van der Waals surface area contributed by atoms with E-state index in [1.54, 1.807) is 4.90 Å². The molecule has 1 atom stereocenters. The minimum Gasteiger partial charge on any atom is -0.503 e. The molecule has 0 aromatic heterocycles. The van der Waals surface area contributed by atoms with Crippen molar-refractivity contribution < 1.29 is 14.7 Å². The average molecular weight is 408 g/mol. The number of carbonyl (C=O) groups is 2. The van der Waals surface area contributed by atoms with Gasteiger partial charge in [0.2, 0.25) is 0 Å². The van der Waals surface area contributed by atoms with E-state index in [0.717, 1.165) is 42.8 Å². The van der Waals surface area contributed by atoms with E-state index < -0.39 is 17.7 Å². The summed E-state index contributed by atoms with van der Waals surface area (Å²) in [5.74, 6) is -1.16. The summed E-state index contributed by atoms with van der Waals surface area (Å²) in [5, 5.41) is 13.6. The van der Waals surface area contributed by atoms with Gasteiger partial charge in [-0.3, -0.25) is 14.5 Å². The smallest absolute Gasteiger partial charge is 0.290 e. The molecule has 1 fully saturated rings. The molecule has 0 spiro atoms. The SMILES string of the molecule is CC(=O)C1=C(O)C(=O)N(CCN2CCNCC2)[C@@H]1c1ccc(Br)cc1. The first-order chi connectivity index (χ1) is 12.0. The van der Waals surface area contributed by atoms with Gasteiger partial charge in [0.25, 0.3) is 5.91 Å². The van der Waals surface area contributed by atoms with Gasteiger partial charge >= 0.3 is 0 Å². The molecule has 134 valence electrons. The molecule has 2 heterocycles. The maximum Gasteiger partial charge on any atom is 0.290 e. The van der Waals surface area contributed by atoms with E-state index in [-0.39, 0.29) is 11.4 Å². The summed E-state index contributed by atoms with van der Waals surface area (Å²) in [6.45, 7) is 6.33. The van der Waals surface area contributed by atoms with Crippen LogP contribution in [0, 0.1) is 0 Å². The molecule has 2 aliphatic rings. The summed E-state index contributed by atoms with van der Waals surface area (Å²) >= 11 is 3.40. The molecule has 2 aliphatic heterocycles. The van der Waals surface area contributed by atoms with Gasteiger partial charge < -0.3 is 15.3 Å². The van der Waals surface area contributed by atoms with Crippen molar-refractivity contribution in [1.82, 2.24) is 15.1 Å². The average Bonchev–Trinajstić information content (AvgIpc) is 2.86. The summed E-state index contributed by atoms with van der Waals surface area (Å²) in [6.07, 6.45) is 0. The first-order valence-electron chi connectivity index (χ1n) is 8.42. The van der Waals surface area contributed by atoms with Gasteiger partial charge in [0.1, 0.15) is 0 Å². The predicted molar refractivity (Wildman–Crippen MR) is 98.2 cm³/mol. The zero-order valence-corrected chi connectivity index (χ0v) is 15.8. The first kappa shape index (κ1) is 18.1. The molecule has 1 saturated heterocycles. The summed E-state index contributed by atoms with van der Waals surface area (Å²) in [6, 6.07) is 6.98. The van der Waals surface area contributed by atoms with E-state index >= 15 is 0 Å². The van der Waals surface area contributed by atoms with Crippen LogP contribution in [-0.4, -0.2) is 65.9 Å². The summed E-state index contributed by atoms with van der Waals surface area (Å²) < 4.78 is 0.922. The van der Waals surface area contributed by atoms with Crippen LogP contribution < -0.4 is 5.32 Å². The largest absolute Gasteiger partial charge is 0.503 e. The second-order valence-corrected chi connectivity index (χ2v) is 7.28. The van der Waals surface area contributed by atoms with Crippen LogP contribution in [0.4, 0.5) is 0 Å². The second-order valence-electron chi connectivity index (χ2n) is 6.36. The van der Waals surface area contributed by atoms with Crippen molar-refractivity contribution in [3.05, 3.63) is 45.6 Å². The number of halogens is 1. The topological polar surface area (TPSA) is 72.9 Å². The van der Waals surface area contributed by atoms with Crippen LogP contribution in [0.1, 0.15) is 18.5 Å². The van der Waals surface area contributed by atoms with Crippen molar-refractivity contribution in [2.24, 2.45) is 0 Å². The molecular weight excluding hydrogens is 386 g/mol. The molecule has 0 unspecified atom stereocenters. The van der Waals surface area contributed by atoms with Crippen LogP contribution in [-0.2, 0) is 9.59 Å². The summed E-state index contributed by atoms with van der Waals surface area (Å²) in [7, 11) is 0. The van der Waals surface area contributed by atoms with Crippen LogP contribution in [0.3, 0.4) is 0 Å². The number of carbonyl (C=O) groups excluding carboxylic acids is 2. The third-order valence-electron chi connectivity index (χ3n) is 4.74. The van der Waals surface area contributed by atoms with Crippen molar-refractivity contribution in [2.75, 3.05) is 39.3 Å². The Morgan fingerprint density at radius 1 is 1.24 bits per heavy atom. The van der Waals surface area contributed by atoms with E-state index in [1.165, 1.54) is 6.92 Å². The van der Waals surface area contributed by atoms with Crippen molar-refractivity contribution in [3.63, 3.8) is 0 Å². The fourth-order valence-corrected chi connectivity index (χ4v) is 3.68. The molecule has 1 aromatic carbocycles. The fourth-order valence-electron chi connectivity index (χ4n) is 3.42.